The summed E-state index contributed by atoms with van der Waals surface area (Å²) in [5.74, 6) is 0.916. The van der Waals surface area contributed by atoms with Crippen molar-refractivity contribution in [2.75, 3.05) is 13.7 Å². The van der Waals surface area contributed by atoms with Crippen LogP contribution in [0.15, 0.2) is 18.2 Å². The first-order valence-electron chi connectivity index (χ1n) is 6.63. The normalized spacial score (nSPS) is 14.3. The summed E-state index contributed by atoms with van der Waals surface area (Å²) in [7, 11) is 1.70. The fraction of sp³-hybridized carbons (Fsp3) is 0.600. The summed E-state index contributed by atoms with van der Waals surface area (Å²) in [5, 5.41) is 12.6. The lowest BCUT2D eigenvalue weighted by atomic mass is 10.0. The lowest BCUT2D eigenvalue weighted by Gasteiger charge is -2.23. The van der Waals surface area contributed by atoms with Crippen molar-refractivity contribution >= 4 is 0 Å². The van der Waals surface area contributed by atoms with Gasteiger partial charge in [-0.2, -0.15) is 0 Å². The Kier molecular flexibility index (Phi) is 6.16. The van der Waals surface area contributed by atoms with Gasteiger partial charge in [0.2, 0.25) is 0 Å². The van der Waals surface area contributed by atoms with Crippen molar-refractivity contribution in [1.82, 2.24) is 5.32 Å². The van der Waals surface area contributed by atoms with Crippen molar-refractivity contribution in [2.24, 2.45) is 0 Å². The average Bonchev–Trinajstić information content (AvgIpc) is 2.38. The van der Waals surface area contributed by atoms with Gasteiger partial charge in [-0.05, 0) is 32.8 Å². The molecule has 0 spiro atoms. The van der Waals surface area contributed by atoms with Crippen molar-refractivity contribution < 1.29 is 9.84 Å². The molecule has 3 heteroatoms. The van der Waals surface area contributed by atoms with E-state index in [0.29, 0.717) is 6.04 Å². The third kappa shape index (κ3) is 4.00. The molecule has 2 atom stereocenters. The fourth-order valence-corrected chi connectivity index (χ4v) is 2.20. The van der Waals surface area contributed by atoms with Crippen molar-refractivity contribution in [1.29, 1.82) is 0 Å². The molecule has 0 aliphatic carbocycles. The van der Waals surface area contributed by atoms with Crippen LogP contribution >= 0.6 is 0 Å². The molecule has 1 aromatic rings. The monoisotopic (exact) mass is 251 g/mol. The zero-order valence-corrected chi connectivity index (χ0v) is 11.9. The van der Waals surface area contributed by atoms with Gasteiger partial charge >= 0.3 is 0 Å². The minimum absolute atomic E-state index is 0.219. The maximum Gasteiger partial charge on any atom is 0.123 e. The number of ether oxygens (including phenoxy) is 1. The van der Waals surface area contributed by atoms with Gasteiger partial charge in [0.25, 0.3) is 0 Å². The fourth-order valence-electron chi connectivity index (χ4n) is 2.20. The van der Waals surface area contributed by atoms with Crippen LogP contribution in [0, 0.1) is 6.92 Å². The van der Waals surface area contributed by atoms with Gasteiger partial charge in [0.1, 0.15) is 5.75 Å². The highest BCUT2D eigenvalue weighted by molar-refractivity contribution is 5.38. The molecular weight excluding hydrogens is 226 g/mol. The predicted octanol–water partition coefficient (Wildman–Crippen LogP) is 2.82. The molecule has 2 unspecified atom stereocenters. The van der Waals surface area contributed by atoms with Crippen LogP contribution in [0.25, 0.3) is 0 Å². The molecule has 0 aliphatic rings. The summed E-state index contributed by atoms with van der Waals surface area (Å²) in [6.07, 6.45) is 1.80. The van der Waals surface area contributed by atoms with Crippen LogP contribution in [0.4, 0.5) is 0 Å². The van der Waals surface area contributed by atoms with Crippen molar-refractivity contribution in [3.63, 3.8) is 0 Å². The Morgan fingerprint density at radius 2 is 2.11 bits per heavy atom. The van der Waals surface area contributed by atoms with E-state index in [9.17, 15) is 0 Å². The number of benzene rings is 1. The van der Waals surface area contributed by atoms with E-state index in [1.165, 1.54) is 11.1 Å². The Morgan fingerprint density at radius 1 is 1.39 bits per heavy atom. The highest BCUT2D eigenvalue weighted by Gasteiger charge is 2.15. The molecule has 1 rings (SSSR count). The lowest BCUT2D eigenvalue weighted by molar-refractivity contribution is 0.256. The Balaban J connectivity index is 2.81. The Labute approximate surface area is 110 Å². The topological polar surface area (TPSA) is 41.5 Å². The van der Waals surface area contributed by atoms with Crippen LogP contribution in [-0.4, -0.2) is 24.9 Å². The summed E-state index contributed by atoms with van der Waals surface area (Å²) in [4.78, 5) is 0. The largest absolute Gasteiger partial charge is 0.496 e. The zero-order chi connectivity index (χ0) is 13.5. The Bertz CT molecular complexity index is 366. The number of aryl methyl sites for hydroxylation is 1. The summed E-state index contributed by atoms with van der Waals surface area (Å²) in [5.41, 5.74) is 2.41. The van der Waals surface area contributed by atoms with E-state index in [1.54, 1.807) is 7.11 Å². The summed E-state index contributed by atoms with van der Waals surface area (Å²) >= 11 is 0. The van der Waals surface area contributed by atoms with Crippen LogP contribution in [0.5, 0.6) is 5.75 Å². The third-order valence-electron chi connectivity index (χ3n) is 3.31. The van der Waals surface area contributed by atoms with Crippen LogP contribution in [0.2, 0.25) is 0 Å². The number of nitrogens with one attached hydrogen (secondary N) is 1. The molecule has 18 heavy (non-hydrogen) atoms. The second-order valence-electron chi connectivity index (χ2n) is 4.75. The summed E-state index contributed by atoms with van der Waals surface area (Å²) < 4.78 is 5.41. The maximum atomic E-state index is 9.03. The zero-order valence-electron chi connectivity index (χ0n) is 11.9. The Morgan fingerprint density at radius 3 is 2.67 bits per heavy atom. The van der Waals surface area contributed by atoms with Gasteiger partial charge in [-0.3, -0.25) is 0 Å². The molecule has 3 nitrogen and oxygen atoms in total. The van der Waals surface area contributed by atoms with E-state index in [-0.39, 0.29) is 12.6 Å². The lowest BCUT2D eigenvalue weighted by Crippen LogP contribution is -2.32. The highest BCUT2D eigenvalue weighted by Crippen LogP contribution is 2.26. The average molecular weight is 251 g/mol. The quantitative estimate of drug-likeness (QED) is 0.783. The van der Waals surface area contributed by atoms with E-state index < -0.39 is 0 Å². The molecule has 0 bridgehead atoms. The van der Waals surface area contributed by atoms with Crippen LogP contribution in [0.1, 0.15) is 43.9 Å². The predicted molar refractivity (Wildman–Crippen MR) is 75.1 cm³/mol. The molecule has 0 aromatic heterocycles. The van der Waals surface area contributed by atoms with E-state index >= 15 is 0 Å². The van der Waals surface area contributed by atoms with Crippen LogP contribution < -0.4 is 10.1 Å². The molecule has 0 saturated heterocycles. The number of rotatable bonds is 7. The van der Waals surface area contributed by atoms with Gasteiger partial charge in [0.15, 0.2) is 0 Å². The van der Waals surface area contributed by atoms with Crippen molar-refractivity contribution in [3.05, 3.63) is 29.3 Å². The second-order valence-corrected chi connectivity index (χ2v) is 4.75. The number of aliphatic hydroxyl groups is 1. The molecule has 2 N–H and O–H groups in total. The summed E-state index contributed by atoms with van der Waals surface area (Å²) in [6, 6.07) is 6.78. The molecule has 0 saturated carbocycles. The van der Waals surface area contributed by atoms with E-state index in [2.05, 4.69) is 38.2 Å². The highest BCUT2D eigenvalue weighted by atomic mass is 16.5. The second kappa shape index (κ2) is 7.39. The van der Waals surface area contributed by atoms with Gasteiger partial charge in [-0.15, -0.1) is 0 Å². The molecule has 1 aromatic carbocycles. The van der Waals surface area contributed by atoms with Crippen LogP contribution in [-0.2, 0) is 0 Å². The first-order chi connectivity index (χ1) is 8.62. The van der Waals surface area contributed by atoms with Gasteiger partial charge in [-0.1, -0.05) is 24.6 Å². The number of hydrogen-bond donors (Lipinski definition) is 2. The number of methoxy groups -OCH3 is 1. The molecule has 0 fully saturated rings. The van der Waals surface area contributed by atoms with Gasteiger partial charge in [-0.25, -0.2) is 0 Å². The first kappa shape index (κ1) is 15.0. The van der Waals surface area contributed by atoms with Gasteiger partial charge in [0.05, 0.1) is 7.11 Å². The third-order valence-corrected chi connectivity index (χ3v) is 3.31. The van der Waals surface area contributed by atoms with Gasteiger partial charge < -0.3 is 15.2 Å². The molecular formula is C15H25NO2. The van der Waals surface area contributed by atoms with E-state index in [1.807, 2.05) is 6.07 Å². The molecule has 102 valence electrons. The van der Waals surface area contributed by atoms with Crippen molar-refractivity contribution in [2.45, 2.75) is 45.7 Å². The SMILES string of the molecule is CCC(CCO)NC(C)c1cc(C)ccc1OC. The minimum Gasteiger partial charge on any atom is -0.496 e. The minimum atomic E-state index is 0.219. The van der Waals surface area contributed by atoms with Crippen LogP contribution in [0.3, 0.4) is 0 Å². The van der Waals surface area contributed by atoms with Gasteiger partial charge in [0, 0.05) is 24.3 Å². The standard InChI is InChI=1S/C15H25NO2/c1-5-13(8-9-17)16-12(3)14-10-11(2)6-7-15(14)18-4/h6-7,10,12-13,16-17H,5,8-9H2,1-4H3. The van der Waals surface area contributed by atoms with Crippen molar-refractivity contribution in [3.8, 4) is 5.75 Å². The molecule has 0 radical (unpaired) electrons. The maximum absolute atomic E-state index is 9.03. The van der Waals surface area contributed by atoms with E-state index in [0.717, 1.165) is 18.6 Å². The smallest absolute Gasteiger partial charge is 0.123 e. The molecule has 0 heterocycles. The summed E-state index contributed by atoms with van der Waals surface area (Å²) in [6.45, 7) is 6.58. The Hall–Kier alpha value is -1.06. The number of hydrogen-bond acceptors (Lipinski definition) is 3. The molecule has 0 amide bonds. The molecule has 0 aliphatic heterocycles. The first-order valence-corrected chi connectivity index (χ1v) is 6.63. The van der Waals surface area contributed by atoms with E-state index in [4.69, 9.17) is 9.84 Å². The number of aliphatic hydroxyl groups excluding tert-OH is 1.